The summed E-state index contributed by atoms with van der Waals surface area (Å²) >= 11 is 6.06. The van der Waals surface area contributed by atoms with Crippen LogP contribution in [0.1, 0.15) is 26.5 Å². The smallest absolute Gasteiger partial charge is 0.291 e. The lowest BCUT2D eigenvalue weighted by atomic mass is 10.1. The number of furan rings is 1. The second-order valence-electron chi connectivity index (χ2n) is 6.37. The zero-order valence-electron chi connectivity index (χ0n) is 15.6. The summed E-state index contributed by atoms with van der Waals surface area (Å²) in [5, 5.41) is 9.97. The number of aromatic nitrogens is 3. The molecule has 0 radical (unpaired) electrons. The van der Waals surface area contributed by atoms with Crippen molar-refractivity contribution in [3.63, 3.8) is 0 Å². The average molecular weight is 422 g/mol. The van der Waals surface area contributed by atoms with Gasteiger partial charge in [-0.2, -0.15) is 5.10 Å². The van der Waals surface area contributed by atoms with Gasteiger partial charge in [0.15, 0.2) is 5.76 Å². The minimum Gasteiger partial charge on any atom is -0.459 e. The second-order valence-corrected chi connectivity index (χ2v) is 6.80. The molecule has 0 spiro atoms. The third-order valence-corrected chi connectivity index (χ3v) is 4.49. The Kier molecular flexibility index (Phi) is 5.58. The molecule has 30 heavy (non-hydrogen) atoms. The molecule has 0 saturated carbocycles. The molecule has 2 N–H and O–H groups in total. The Morgan fingerprint density at radius 3 is 2.50 bits per heavy atom. The molecule has 4 rings (SSSR count). The van der Waals surface area contributed by atoms with E-state index in [0.29, 0.717) is 28.5 Å². The molecule has 0 atom stereocenters. The van der Waals surface area contributed by atoms with Crippen LogP contribution in [0.15, 0.2) is 77.9 Å². The molecule has 0 aliphatic heterocycles. The van der Waals surface area contributed by atoms with Crippen LogP contribution in [0.3, 0.4) is 0 Å². The maximum atomic E-state index is 12.7. The first-order chi connectivity index (χ1) is 14.6. The van der Waals surface area contributed by atoms with Gasteiger partial charge in [-0.25, -0.2) is 9.67 Å². The van der Waals surface area contributed by atoms with Crippen LogP contribution in [0.2, 0.25) is 5.02 Å². The molecule has 0 aliphatic carbocycles. The van der Waals surface area contributed by atoms with E-state index in [1.807, 2.05) is 12.1 Å². The molecule has 2 aromatic heterocycles. The Hall–Kier alpha value is -3.91. The van der Waals surface area contributed by atoms with Crippen LogP contribution in [0.4, 0.5) is 11.4 Å². The summed E-state index contributed by atoms with van der Waals surface area (Å²) in [6.45, 7) is 0.558. The summed E-state index contributed by atoms with van der Waals surface area (Å²) < 4.78 is 6.79. The fourth-order valence-corrected chi connectivity index (χ4v) is 2.95. The number of halogens is 1. The van der Waals surface area contributed by atoms with Crippen LogP contribution in [0, 0.1) is 0 Å². The van der Waals surface area contributed by atoms with E-state index in [0.717, 1.165) is 5.56 Å². The molecule has 4 aromatic rings. The van der Waals surface area contributed by atoms with Crippen molar-refractivity contribution in [1.29, 1.82) is 0 Å². The third-order valence-electron chi connectivity index (χ3n) is 4.25. The Morgan fingerprint density at radius 1 is 1.00 bits per heavy atom. The zero-order valence-corrected chi connectivity index (χ0v) is 16.3. The highest BCUT2D eigenvalue weighted by Crippen LogP contribution is 2.27. The monoisotopic (exact) mass is 421 g/mol. The van der Waals surface area contributed by atoms with Crippen molar-refractivity contribution in [1.82, 2.24) is 14.8 Å². The van der Waals surface area contributed by atoms with E-state index in [1.165, 1.54) is 12.6 Å². The lowest BCUT2D eigenvalue weighted by Crippen LogP contribution is -2.16. The third kappa shape index (κ3) is 4.56. The standard InChI is InChI=1S/C21H16ClN5O3/c22-16-7-8-17(18(10-16)26-21(29)19-2-1-9-30-19)25-20(28)15-5-3-14(4-6-15)11-27-13-23-12-24-27/h1-10,12-13H,11H2,(H,25,28)(H,26,29). The number of amides is 2. The van der Waals surface area contributed by atoms with Crippen LogP contribution in [0.25, 0.3) is 0 Å². The van der Waals surface area contributed by atoms with Crippen LogP contribution >= 0.6 is 11.6 Å². The van der Waals surface area contributed by atoms with Gasteiger partial charge < -0.3 is 15.1 Å². The van der Waals surface area contributed by atoms with Gasteiger partial charge in [0.2, 0.25) is 0 Å². The number of rotatable bonds is 6. The first-order valence-electron chi connectivity index (χ1n) is 8.95. The lowest BCUT2D eigenvalue weighted by Gasteiger charge is -2.12. The number of carbonyl (C=O) groups excluding carboxylic acids is 2. The van der Waals surface area contributed by atoms with E-state index in [9.17, 15) is 9.59 Å². The molecular weight excluding hydrogens is 406 g/mol. The van der Waals surface area contributed by atoms with Gasteiger partial charge in [0.25, 0.3) is 11.8 Å². The normalized spacial score (nSPS) is 10.6. The molecule has 0 unspecified atom stereocenters. The minimum absolute atomic E-state index is 0.148. The fraction of sp³-hybridized carbons (Fsp3) is 0.0476. The molecule has 2 heterocycles. The van der Waals surface area contributed by atoms with Gasteiger partial charge in [0.05, 0.1) is 24.2 Å². The number of nitrogens with one attached hydrogen (secondary N) is 2. The molecule has 2 amide bonds. The summed E-state index contributed by atoms with van der Waals surface area (Å²) in [6.07, 6.45) is 4.50. The highest BCUT2D eigenvalue weighted by atomic mass is 35.5. The molecule has 8 nitrogen and oxygen atoms in total. The van der Waals surface area contributed by atoms with Crippen LogP contribution < -0.4 is 10.6 Å². The Labute approximate surface area is 176 Å². The maximum Gasteiger partial charge on any atom is 0.291 e. The lowest BCUT2D eigenvalue weighted by molar-refractivity contribution is 0.0993. The molecule has 2 aromatic carbocycles. The largest absolute Gasteiger partial charge is 0.459 e. The summed E-state index contributed by atoms with van der Waals surface area (Å²) in [5.74, 6) is -0.622. The van der Waals surface area contributed by atoms with Crippen LogP contribution in [0.5, 0.6) is 0 Å². The summed E-state index contributed by atoms with van der Waals surface area (Å²) in [7, 11) is 0. The number of nitrogens with zero attached hydrogens (tertiary/aromatic N) is 3. The predicted octanol–water partition coefficient (Wildman–Crippen LogP) is 4.08. The van der Waals surface area contributed by atoms with Crippen molar-refractivity contribution in [3.05, 3.63) is 95.4 Å². The summed E-state index contributed by atoms with van der Waals surface area (Å²) in [4.78, 5) is 28.9. The van der Waals surface area contributed by atoms with Crippen molar-refractivity contribution in [3.8, 4) is 0 Å². The topological polar surface area (TPSA) is 102 Å². The first kappa shape index (κ1) is 19.4. The van der Waals surface area contributed by atoms with Crippen molar-refractivity contribution in [2.75, 3.05) is 10.6 Å². The van der Waals surface area contributed by atoms with E-state index < -0.39 is 5.91 Å². The Bertz CT molecular complexity index is 1160. The molecule has 0 saturated heterocycles. The summed E-state index contributed by atoms with van der Waals surface area (Å²) in [5.41, 5.74) is 2.22. The zero-order chi connectivity index (χ0) is 20.9. The van der Waals surface area contributed by atoms with Gasteiger partial charge in [0, 0.05) is 10.6 Å². The van der Waals surface area contributed by atoms with Gasteiger partial charge in [0.1, 0.15) is 12.7 Å². The Balaban J connectivity index is 1.48. The SMILES string of the molecule is O=C(Nc1ccc(Cl)cc1NC(=O)c1ccco1)c1ccc(Cn2cncn2)cc1. The number of carbonyl (C=O) groups is 2. The number of hydrogen-bond donors (Lipinski definition) is 2. The molecule has 0 bridgehead atoms. The number of hydrogen-bond acceptors (Lipinski definition) is 5. The average Bonchev–Trinajstić information content (AvgIpc) is 3.45. The van der Waals surface area contributed by atoms with Gasteiger partial charge in [-0.1, -0.05) is 23.7 Å². The van der Waals surface area contributed by atoms with E-state index in [4.69, 9.17) is 16.0 Å². The fourth-order valence-electron chi connectivity index (χ4n) is 2.78. The minimum atomic E-state index is -0.449. The van der Waals surface area contributed by atoms with Gasteiger partial charge >= 0.3 is 0 Å². The number of anilines is 2. The molecule has 9 heteroatoms. The van der Waals surface area contributed by atoms with Gasteiger partial charge in [-0.15, -0.1) is 0 Å². The van der Waals surface area contributed by atoms with Gasteiger partial charge in [-0.05, 0) is 48.0 Å². The van der Waals surface area contributed by atoms with Crippen LogP contribution in [-0.2, 0) is 6.54 Å². The number of benzene rings is 2. The summed E-state index contributed by atoms with van der Waals surface area (Å²) in [6, 6.07) is 15.1. The quantitative estimate of drug-likeness (QED) is 0.488. The predicted molar refractivity (Wildman–Crippen MR) is 112 cm³/mol. The second kappa shape index (κ2) is 8.62. The van der Waals surface area contributed by atoms with Gasteiger partial charge in [-0.3, -0.25) is 9.59 Å². The van der Waals surface area contributed by atoms with Crippen molar-refractivity contribution in [2.45, 2.75) is 6.54 Å². The highest BCUT2D eigenvalue weighted by molar-refractivity contribution is 6.31. The van der Waals surface area contributed by atoms with E-state index in [1.54, 1.807) is 53.5 Å². The van der Waals surface area contributed by atoms with Crippen molar-refractivity contribution >= 4 is 34.8 Å². The first-order valence-corrected chi connectivity index (χ1v) is 9.33. The Morgan fingerprint density at radius 2 is 1.80 bits per heavy atom. The maximum absolute atomic E-state index is 12.7. The van der Waals surface area contributed by atoms with E-state index >= 15 is 0 Å². The molecule has 150 valence electrons. The molecule has 0 aliphatic rings. The molecule has 0 fully saturated rings. The van der Waals surface area contributed by atoms with Crippen molar-refractivity contribution in [2.24, 2.45) is 0 Å². The molecular formula is C21H16ClN5O3. The van der Waals surface area contributed by atoms with E-state index in [-0.39, 0.29) is 11.7 Å². The van der Waals surface area contributed by atoms with Crippen LogP contribution in [-0.4, -0.2) is 26.6 Å². The van der Waals surface area contributed by atoms with E-state index in [2.05, 4.69) is 20.7 Å². The highest BCUT2D eigenvalue weighted by Gasteiger charge is 2.14. The van der Waals surface area contributed by atoms with Crippen molar-refractivity contribution < 1.29 is 14.0 Å².